The van der Waals surface area contributed by atoms with E-state index in [1.807, 2.05) is 6.92 Å². The van der Waals surface area contributed by atoms with Crippen LogP contribution in [-0.2, 0) is 13.1 Å². The number of anilines is 1. The van der Waals surface area contributed by atoms with E-state index >= 15 is 0 Å². The Morgan fingerprint density at radius 2 is 2.39 bits per heavy atom. The molecule has 0 saturated carbocycles. The summed E-state index contributed by atoms with van der Waals surface area (Å²) in [5, 5.41) is 9.24. The molecule has 2 aromatic heterocycles. The minimum Gasteiger partial charge on any atom is -0.325 e. The van der Waals surface area contributed by atoms with Gasteiger partial charge in [-0.3, -0.25) is 9.48 Å². The Labute approximate surface area is 115 Å². The van der Waals surface area contributed by atoms with E-state index < -0.39 is 0 Å². The number of hydrogen-bond donors (Lipinski definition) is 2. The minimum atomic E-state index is -0.239. The first-order chi connectivity index (χ1) is 8.22. The number of thiazole rings is 1. The van der Waals surface area contributed by atoms with E-state index in [2.05, 4.69) is 15.4 Å². The molecular formula is C10H14ClN5OS. The molecule has 0 aliphatic rings. The largest absolute Gasteiger partial charge is 0.325 e. The van der Waals surface area contributed by atoms with Crippen LogP contribution in [0, 0.1) is 0 Å². The number of nitrogens with two attached hydrogens (primary N) is 1. The van der Waals surface area contributed by atoms with Crippen molar-refractivity contribution < 1.29 is 4.79 Å². The predicted molar refractivity (Wildman–Crippen MR) is 73.1 cm³/mol. The van der Waals surface area contributed by atoms with Gasteiger partial charge in [0.25, 0.3) is 5.91 Å². The number of nitrogens with one attached hydrogen (secondary N) is 1. The number of amides is 1. The van der Waals surface area contributed by atoms with E-state index in [0.717, 1.165) is 11.6 Å². The van der Waals surface area contributed by atoms with Crippen molar-refractivity contribution in [3.05, 3.63) is 28.5 Å². The number of rotatable bonds is 4. The molecule has 0 bridgehead atoms. The zero-order valence-corrected chi connectivity index (χ0v) is 11.4. The lowest BCUT2D eigenvalue weighted by atomic mass is 10.4. The molecule has 0 unspecified atom stereocenters. The summed E-state index contributed by atoms with van der Waals surface area (Å²) in [7, 11) is 0. The molecule has 0 aromatic carbocycles. The maximum atomic E-state index is 11.8. The van der Waals surface area contributed by atoms with Crippen LogP contribution in [0.5, 0.6) is 0 Å². The van der Waals surface area contributed by atoms with E-state index in [9.17, 15) is 4.79 Å². The summed E-state index contributed by atoms with van der Waals surface area (Å²) in [5.74, 6) is -0.239. The molecule has 18 heavy (non-hydrogen) atoms. The summed E-state index contributed by atoms with van der Waals surface area (Å²) in [6.45, 7) is 3.10. The summed E-state index contributed by atoms with van der Waals surface area (Å²) >= 11 is 1.38. The molecule has 2 rings (SSSR count). The number of aryl methyl sites for hydroxylation is 1. The SMILES string of the molecule is CCn1cc(NC(=O)c2csc(CN)n2)cn1.Cl. The van der Waals surface area contributed by atoms with E-state index in [4.69, 9.17) is 5.73 Å². The van der Waals surface area contributed by atoms with Gasteiger partial charge >= 0.3 is 0 Å². The fraction of sp³-hybridized carbons (Fsp3) is 0.300. The first-order valence-electron chi connectivity index (χ1n) is 5.21. The van der Waals surface area contributed by atoms with Gasteiger partial charge < -0.3 is 11.1 Å². The zero-order valence-electron chi connectivity index (χ0n) is 9.79. The van der Waals surface area contributed by atoms with Crippen LogP contribution in [0.15, 0.2) is 17.8 Å². The number of hydrogen-bond acceptors (Lipinski definition) is 5. The molecule has 0 radical (unpaired) electrons. The van der Waals surface area contributed by atoms with Crippen LogP contribution >= 0.6 is 23.7 Å². The summed E-state index contributed by atoms with van der Waals surface area (Å²) in [6, 6.07) is 0. The lowest BCUT2D eigenvalue weighted by Crippen LogP contribution is -2.12. The average molecular weight is 288 g/mol. The maximum absolute atomic E-state index is 11.8. The number of halogens is 1. The Kier molecular flexibility index (Phi) is 5.26. The Bertz CT molecular complexity index is 524. The molecule has 6 nitrogen and oxygen atoms in total. The van der Waals surface area contributed by atoms with Gasteiger partial charge in [-0.15, -0.1) is 23.7 Å². The highest BCUT2D eigenvalue weighted by Crippen LogP contribution is 2.11. The maximum Gasteiger partial charge on any atom is 0.275 e. The standard InChI is InChI=1S/C10H13N5OS.ClH/c1-2-15-5-7(4-12-15)13-10(16)8-6-17-9(3-11)14-8;/h4-6H,2-3,11H2,1H3,(H,13,16);1H. The quantitative estimate of drug-likeness (QED) is 0.892. The lowest BCUT2D eigenvalue weighted by Gasteiger charge is -1.98. The van der Waals surface area contributed by atoms with Crippen LogP contribution in [0.2, 0.25) is 0 Å². The monoisotopic (exact) mass is 287 g/mol. The first-order valence-corrected chi connectivity index (χ1v) is 6.09. The molecule has 1 amide bonds. The van der Waals surface area contributed by atoms with Crippen LogP contribution in [0.3, 0.4) is 0 Å². The molecule has 0 aliphatic carbocycles. The van der Waals surface area contributed by atoms with Crippen molar-refractivity contribution in [2.75, 3.05) is 5.32 Å². The molecule has 0 atom stereocenters. The van der Waals surface area contributed by atoms with E-state index in [0.29, 0.717) is 17.9 Å². The van der Waals surface area contributed by atoms with Gasteiger partial charge in [0.05, 0.1) is 11.9 Å². The Morgan fingerprint density at radius 3 is 2.94 bits per heavy atom. The van der Waals surface area contributed by atoms with Crippen LogP contribution in [0.1, 0.15) is 22.4 Å². The van der Waals surface area contributed by atoms with Crippen molar-refractivity contribution >= 4 is 35.3 Å². The zero-order chi connectivity index (χ0) is 12.3. The Hall–Kier alpha value is -1.44. The van der Waals surface area contributed by atoms with Gasteiger partial charge in [-0.1, -0.05) is 0 Å². The van der Waals surface area contributed by atoms with Gasteiger partial charge in [-0.05, 0) is 6.92 Å². The molecule has 0 spiro atoms. The minimum absolute atomic E-state index is 0. The third-order valence-corrected chi connectivity index (χ3v) is 3.05. The van der Waals surface area contributed by atoms with Gasteiger partial charge in [-0.2, -0.15) is 5.10 Å². The van der Waals surface area contributed by atoms with Crippen molar-refractivity contribution in [1.82, 2.24) is 14.8 Å². The molecule has 98 valence electrons. The van der Waals surface area contributed by atoms with Gasteiger partial charge in [0.1, 0.15) is 10.7 Å². The third kappa shape index (κ3) is 3.28. The molecule has 3 N–H and O–H groups in total. The highest BCUT2D eigenvalue weighted by atomic mass is 35.5. The summed E-state index contributed by atoms with van der Waals surface area (Å²) in [5.41, 5.74) is 6.49. The second-order valence-corrected chi connectivity index (χ2v) is 4.31. The average Bonchev–Trinajstić information content (AvgIpc) is 2.96. The second kappa shape index (κ2) is 6.48. The second-order valence-electron chi connectivity index (χ2n) is 3.37. The fourth-order valence-corrected chi connectivity index (χ4v) is 1.96. The summed E-state index contributed by atoms with van der Waals surface area (Å²) in [4.78, 5) is 15.9. The summed E-state index contributed by atoms with van der Waals surface area (Å²) < 4.78 is 1.74. The van der Waals surface area contributed by atoms with Crippen molar-refractivity contribution in [3.8, 4) is 0 Å². The number of carbonyl (C=O) groups is 1. The molecule has 0 saturated heterocycles. The van der Waals surface area contributed by atoms with Crippen molar-refractivity contribution in [3.63, 3.8) is 0 Å². The van der Waals surface area contributed by atoms with E-state index in [-0.39, 0.29) is 18.3 Å². The summed E-state index contributed by atoms with van der Waals surface area (Å²) in [6.07, 6.45) is 3.38. The third-order valence-electron chi connectivity index (χ3n) is 2.17. The molecule has 2 heterocycles. The Balaban J connectivity index is 0.00000162. The normalized spacial score (nSPS) is 9.89. The Morgan fingerprint density at radius 1 is 1.61 bits per heavy atom. The highest BCUT2D eigenvalue weighted by Gasteiger charge is 2.11. The number of aromatic nitrogens is 3. The van der Waals surface area contributed by atoms with Gasteiger partial charge in [0, 0.05) is 24.7 Å². The van der Waals surface area contributed by atoms with Crippen LogP contribution < -0.4 is 11.1 Å². The van der Waals surface area contributed by atoms with Crippen molar-refractivity contribution in [1.29, 1.82) is 0 Å². The molecular weight excluding hydrogens is 274 g/mol. The number of carbonyl (C=O) groups excluding carboxylic acids is 1. The van der Waals surface area contributed by atoms with Crippen LogP contribution in [-0.4, -0.2) is 20.7 Å². The lowest BCUT2D eigenvalue weighted by molar-refractivity contribution is 0.102. The molecule has 8 heteroatoms. The van der Waals surface area contributed by atoms with E-state index in [1.165, 1.54) is 11.3 Å². The first kappa shape index (κ1) is 14.6. The van der Waals surface area contributed by atoms with Gasteiger partial charge in [0.15, 0.2) is 0 Å². The van der Waals surface area contributed by atoms with Crippen molar-refractivity contribution in [2.24, 2.45) is 5.73 Å². The van der Waals surface area contributed by atoms with Crippen LogP contribution in [0.25, 0.3) is 0 Å². The molecule has 0 aliphatic heterocycles. The van der Waals surface area contributed by atoms with Gasteiger partial charge in [0.2, 0.25) is 0 Å². The fourth-order valence-electron chi connectivity index (χ4n) is 1.31. The molecule has 2 aromatic rings. The smallest absolute Gasteiger partial charge is 0.275 e. The highest BCUT2D eigenvalue weighted by molar-refractivity contribution is 7.09. The molecule has 0 fully saturated rings. The number of nitrogens with zero attached hydrogens (tertiary/aromatic N) is 3. The van der Waals surface area contributed by atoms with Gasteiger partial charge in [-0.25, -0.2) is 4.98 Å². The van der Waals surface area contributed by atoms with Crippen LogP contribution in [0.4, 0.5) is 5.69 Å². The predicted octanol–water partition coefficient (Wildman–Crippen LogP) is 1.49. The van der Waals surface area contributed by atoms with Crippen molar-refractivity contribution in [2.45, 2.75) is 20.0 Å². The topological polar surface area (TPSA) is 85.8 Å². The van der Waals surface area contributed by atoms with E-state index in [1.54, 1.807) is 22.5 Å².